The number of likely N-dealkylation sites (N-methyl/N-ethyl adjacent to an activating group) is 1. The van der Waals surface area contributed by atoms with Gasteiger partial charge in [-0.25, -0.2) is 4.39 Å². The summed E-state index contributed by atoms with van der Waals surface area (Å²) < 4.78 is 19.4. The number of phenolic OH excluding ortho intramolecular Hbond substituents is 1. The van der Waals surface area contributed by atoms with Crippen molar-refractivity contribution in [1.29, 1.82) is 0 Å². The molecular weight excluding hydrogens is 327 g/mol. The van der Waals surface area contributed by atoms with Crippen molar-refractivity contribution < 1.29 is 23.8 Å². The molecule has 0 bridgehead atoms. The molecule has 2 atom stereocenters. The molecule has 130 valence electrons. The molecule has 2 aromatic rings. The Hall–Kier alpha value is -2.93. The van der Waals surface area contributed by atoms with Gasteiger partial charge in [0.15, 0.2) is 17.7 Å². The van der Waals surface area contributed by atoms with Crippen LogP contribution in [0.1, 0.15) is 11.6 Å². The van der Waals surface area contributed by atoms with E-state index in [9.17, 15) is 19.1 Å². The van der Waals surface area contributed by atoms with Gasteiger partial charge in [-0.3, -0.25) is 9.59 Å². The number of morpholine rings is 1. The monoisotopic (exact) mass is 344 g/mol. The lowest BCUT2D eigenvalue weighted by atomic mass is 9.97. The zero-order valence-electron chi connectivity index (χ0n) is 13.5. The highest BCUT2D eigenvalue weighted by Gasteiger charge is 2.40. The normalized spacial score (nSPS) is 20.4. The SMILES string of the molecule is CN1C(=O)CO[C@H](C(=O)Nc2cccc(O)c2F)[C@H]1c1ccccc1. The first kappa shape index (κ1) is 16.9. The van der Waals surface area contributed by atoms with E-state index < -0.39 is 29.6 Å². The van der Waals surface area contributed by atoms with Gasteiger partial charge in [0.2, 0.25) is 5.91 Å². The molecule has 2 aromatic carbocycles. The van der Waals surface area contributed by atoms with Gasteiger partial charge in [-0.2, -0.15) is 0 Å². The van der Waals surface area contributed by atoms with E-state index in [4.69, 9.17) is 4.74 Å². The average molecular weight is 344 g/mol. The Labute approximate surface area is 143 Å². The summed E-state index contributed by atoms with van der Waals surface area (Å²) in [6, 6.07) is 12.3. The van der Waals surface area contributed by atoms with Crippen molar-refractivity contribution in [2.75, 3.05) is 19.0 Å². The van der Waals surface area contributed by atoms with Gasteiger partial charge in [-0.15, -0.1) is 0 Å². The van der Waals surface area contributed by atoms with E-state index in [-0.39, 0.29) is 18.2 Å². The number of anilines is 1. The number of amides is 2. The van der Waals surface area contributed by atoms with E-state index in [1.165, 1.54) is 23.1 Å². The molecule has 1 aliphatic rings. The van der Waals surface area contributed by atoms with Gasteiger partial charge in [0.05, 0.1) is 11.7 Å². The highest BCUT2D eigenvalue weighted by Crippen LogP contribution is 2.30. The summed E-state index contributed by atoms with van der Waals surface area (Å²) in [5.74, 6) is -2.33. The maximum Gasteiger partial charge on any atom is 0.256 e. The van der Waals surface area contributed by atoms with Gasteiger partial charge in [-0.1, -0.05) is 36.4 Å². The standard InChI is InChI=1S/C18H17FN2O4/c1-21-14(23)10-25-17(16(21)11-6-3-2-4-7-11)18(24)20-12-8-5-9-13(22)15(12)19/h2-9,16-17,22H,10H2,1H3,(H,20,24)/t16-,17+/m1/s1. The van der Waals surface area contributed by atoms with Crippen LogP contribution in [-0.4, -0.2) is 41.6 Å². The van der Waals surface area contributed by atoms with Crippen LogP contribution in [0.2, 0.25) is 0 Å². The van der Waals surface area contributed by atoms with Gasteiger partial charge in [0.25, 0.3) is 5.91 Å². The molecule has 2 N–H and O–H groups in total. The molecule has 0 saturated carbocycles. The summed E-state index contributed by atoms with van der Waals surface area (Å²) in [4.78, 5) is 26.1. The first-order valence-electron chi connectivity index (χ1n) is 7.69. The van der Waals surface area contributed by atoms with Gasteiger partial charge in [0, 0.05) is 7.05 Å². The minimum absolute atomic E-state index is 0.153. The van der Waals surface area contributed by atoms with E-state index in [0.29, 0.717) is 0 Å². The summed E-state index contributed by atoms with van der Waals surface area (Å²) in [5.41, 5.74) is 0.578. The minimum Gasteiger partial charge on any atom is -0.505 e. The maximum absolute atomic E-state index is 13.9. The highest BCUT2D eigenvalue weighted by molar-refractivity contribution is 5.96. The molecule has 1 saturated heterocycles. The van der Waals surface area contributed by atoms with Gasteiger partial charge in [-0.05, 0) is 17.7 Å². The molecule has 7 heteroatoms. The van der Waals surface area contributed by atoms with Crippen molar-refractivity contribution in [1.82, 2.24) is 4.90 Å². The third-order valence-electron chi connectivity index (χ3n) is 4.12. The third-order valence-corrected chi connectivity index (χ3v) is 4.12. The van der Waals surface area contributed by atoms with Crippen LogP contribution >= 0.6 is 0 Å². The molecule has 1 heterocycles. The van der Waals surface area contributed by atoms with E-state index in [1.54, 1.807) is 31.3 Å². The Kier molecular flexibility index (Phi) is 4.67. The number of aromatic hydroxyl groups is 1. The van der Waals surface area contributed by atoms with E-state index in [0.717, 1.165) is 5.56 Å². The summed E-state index contributed by atoms with van der Waals surface area (Å²) in [5, 5.41) is 11.8. The Morgan fingerprint density at radius 1 is 1.24 bits per heavy atom. The number of phenols is 1. The Morgan fingerprint density at radius 2 is 1.96 bits per heavy atom. The molecule has 0 aliphatic carbocycles. The van der Waals surface area contributed by atoms with Gasteiger partial charge in [0.1, 0.15) is 6.61 Å². The van der Waals surface area contributed by atoms with Gasteiger partial charge >= 0.3 is 0 Å². The Morgan fingerprint density at radius 3 is 2.68 bits per heavy atom. The second kappa shape index (κ2) is 6.90. The van der Waals surface area contributed by atoms with Crippen molar-refractivity contribution in [2.45, 2.75) is 12.1 Å². The third kappa shape index (κ3) is 3.32. The van der Waals surface area contributed by atoms with Crippen LogP contribution in [0, 0.1) is 5.82 Å². The lowest BCUT2D eigenvalue weighted by Crippen LogP contribution is -2.51. The van der Waals surface area contributed by atoms with Crippen LogP contribution in [-0.2, 0) is 14.3 Å². The van der Waals surface area contributed by atoms with Crippen LogP contribution in [0.15, 0.2) is 48.5 Å². The predicted molar refractivity (Wildman–Crippen MR) is 88.4 cm³/mol. The summed E-state index contributed by atoms with van der Waals surface area (Å²) in [7, 11) is 1.59. The number of hydrogen-bond donors (Lipinski definition) is 2. The summed E-state index contributed by atoms with van der Waals surface area (Å²) >= 11 is 0. The fourth-order valence-electron chi connectivity index (χ4n) is 2.80. The zero-order chi connectivity index (χ0) is 18.0. The number of nitrogens with one attached hydrogen (secondary N) is 1. The fourth-order valence-corrected chi connectivity index (χ4v) is 2.80. The minimum atomic E-state index is -1.01. The van der Waals surface area contributed by atoms with E-state index in [1.807, 2.05) is 6.07 Å². The molecule has 1 aliphatic heterocycles. The number of halogens is 1. The molecule has 25 heavy (non-hydrogen) atoms. The number of rotatable bonds is 3. The summed E-state index contributed by atoms with van der Waals surface area (Å²) in [6.07, 6.45) is -1.01. The lowest BCUT2D eigenvalue weighted by Gasteiger charge is -2.38. The average Bonchev–Trinajstić information content (AvgIpc) is 2.61. The molecule has 0 spiro atoms. The molecule has 3 rings (SSSR count). The smallest absolute Gasteiger partial charge is 0.256 e. The molecule has 6 nitrogen and oxygen atoms in total. The van der Waals surface area contributed by atoms with Crippen LogP contribution in [0.3, 0.4) is 0 Å². The summed E-state index contributed by atoms with van der Waals surface area (Å²) in [6.45, 7) is -0.236. The second-order valence-electron chi connectivity index (χ2n) is 5.72. The van der Waals surface area contributed by atoms with Crippen molar-refractivity contribution >= 4 is 17.5 Å². The molecule has 0 aromatic heterocycles. The van der Waals surface area contributed by atoms with Crippen molar-refractivity contribution in [3.63, 3.8) is 0 Å². The molecular formula is C18H17FN2O4. The lowest BCUT2D eigenvalue weighted by molar-refractivity contribution is -0.160. The predicted octanol–water partition coefficient (Wildman–Crippen LogP) is 2.07. The first-order valence-corrected chi connectivity index (χ1v) is 7.69. The molecule has 1 fully saturated rings. The second-order valence-corrected chi connectivity index (χ2v) is 5.72. The van der Waals surface area contributed by atoms with Crippen LogP contribution in [0.25, 0.3) is 0 Å². The highest BCUT2D eigenvalue weighted by atomic mass is 19.1. The number of benzene rings is 2. The first-order chi connectivity index (χ1) is 12.0. The van der Waals surface area contributed by atoms with Crippen LogP contribution < -0.4 is 5.32 Å². The Bertz CT molecular complexity index is 797. The Balaban J connectivity index is 1.89. The van der Waals surface area contributed by atoms with Crippen LogP contribution in [0.5, 0.6) is 5.75 Å². The van der Waals surface area contributed by atoms with E-state index in [2.05, 4.69) is 5.32 Å². The molecule has 0 radical (unpaired) electrons. The van der Waals surface area contributed by atoms with Crippen molar-refractivity contribution in [2.24, 2.45) is 0 Å². The largest absolute Gasteiger partial charge is 0.505 e. The van der Waals surface area contributed by atoms with Crippen molar-refractivity contribution in [3.05, 3.63) is 59.9 Å². The number of hydrogen-bond acceptors (Lipinski definition) is 4. The zero-order valence-corrected chi connectivity index (χ0v) is 13.5. The maximum atomic E-state index is 13.9. The fraction of sp³-hybridized carbons (Fsp3) is 0.222. The molecule has 0 unspecified atom stereocenters. The van der Waals surface area contributed by atoms with E-state index >= 15 is 0 Å². The topological polar surface area (TPSA) is 78.9 Å². The van der Waals surface area contributed by atoms with Crippen molar-refractivity contribution in [3.8, 4) is 5.75 Å². The number of carbonyl (C=O) groups is 2. The number of carbonyl (C=O) groups excluding carboxylic acids is 2. The van der Waals surface area contributed by atoms with Crippen LogP contribution in [0.4, 0.5) is 10.1 Å². The number of ether oxygens (including phenoxy) is 1. The number of nitrogens with zero attached hydrogens (tertiary/aromatic N) is 1. The molecule has 2 amide bonds. The van der Waals surface area contributed by atoms with Gasteiger partial charge < -0.3 is 20.1 Å². The quantitative estimate of drug-likeness (QED) is 0.893.